The standard InChI is InChI=1S/C18H21NO3/c1-12(20)19-9-7-14-8-10-22-17-6-4-13-3-5-15(21-2)11-16(13)18(14)17/h3-6,11,14H,7-10H2,1-2H3,(H,19,20). The Morgan fingerprint density at radius 3 is 2.95 bits per heavy atom. The number of hydrogen-bond acceptors (Lipinski definition) is 3. The first-order chi connectivity index (χ1) is 10.7. The van der Waals surface area contributed by atoms with Gasteiger partial charge in [0.2, 0.25) is 5.91 Å². The molecule has 4 nitrogen and oxygen atoms in total. The molecule has 2 aromatic rings. The Kier molecular flexibility index (Phi) is 4.18. The van der Waals surface area contributed by atoms with Crippen molar-refractivity contribution < 1.29 is 14.3 Å². The van der Waals surface area contributed by atoms with E-state index in [2.05, 4.69) is 29.6 Å². The molecule has 0 saturated heterocycles. The smallest absolute Gasteiger partial charge is 0.216 e. The number of benzene rings is 2. The molecule has 4 heteroatoms. The first kappa shape index (κ1) is 14.7. The SMILES string of the molecule is COc1ccc2ccc3c(c2c1)C(CCNC(C)=O)CCO3. The third-order valence-electron chi connectivity index (χ3n) is 4.23. The second-order valence-electron chi connectivity index (χ2n) is 5.67. The second kappa shape index (κ2) is 6.26. The molecular formula is C18H21NO3. The average molecular weight is 299 g/mol. The summed E-state index contributed by atoms with van der Waals surface area (Å²) in [5.41, 5.74) is 1.24. The third-order valence-corrected chi connectivity index (χ3v) is 4.23. The van der Waals surface area contributed by atoms with Gasteiger partial charge in [0, 0.05) is 19.0 Å². The first-order valence-corrected chi connectivity index (χ1v) is 7.67. The van der Waals surface area contributed by atoms with E-state index < -0.39 is 0 Å². The van der Waals surface area contributed by atoms with Gasteiger partial charge in [-0.2, -0.15) is 0 Å². The third kappa shape index (κ3) is 2.86. The fourth-order valence-corrected chi connectivity index (χ4v) is 3.14. The van der Waals surface area contributed by atoms with E-state index in [4.69, 9.17) is 9.47 Å². The lowest BCUT2D eigenvalue weighted by Crippen LogP contribution is -2.24. The van der Waals surface area contributed by atoms with Crippen LogP contribution in [0.1, 0.15) is 31.2 Å². The minimum absolute atomic E-state index is 0.0203. The van der Waals surface area contributed by atoms with Gasteiger partial charge in [0.15, 0.2) is 0 Å². The fourth-order valence-electron chi connectivity index (χ4n) is 3.14. The Bertz CT molecular complexity index is 691. The van der Waals surface area contributed by atoms with E-state index in [-0.39, 0.29) is 5.91 Å². The highest BCUT2D eigenvalue weighted by Crippen LogP contribution is 2.41. The van der Waals surface area contributed by atoms with Gasteiger partial charge in [-0.15, -0.1) is 0 Å². The van der Waals surface area contributed by atoms with Gasteiger partial charge in [-0.3, -0.25) is 4.79 Å². The minimum atomic E-state index is 0.0203. The number of carbonyl (C=O) groups is 1. The van der Waals surface area contributed by atoms with Gasteiger partial charge in [0.1, 0.15) is 11.5 Å². The van der Waals surface area contributed by atoms with E-state index in [9.17, 15) is 4.79 Å². The molecule has 1 unspecified atom stereocenters. The van der Waals surface area contributed by atoms with Crippen molar-refractivity contribution in [1.29, 1.82) is 0 Å². The predicted molar refractivity (Wildman–Crippen MR) is 86.7 cm³/mol. The highest BCUT2D eigenvalue weighted by atomic mass is 16.5. The van der Waals surface area contributed by atoms with Crippen LogP contribution in [0, 0.1) is 0 Å². The molecule has 1 N–H and O–H groups in total. The largest absolute Gasteiger partial charge is 0.497 e. The normalized spacial score (nSPS) is 16.7. The van der Waals surface area contributed by atoms with Crippen LogP contribution >= 0.6 is 0 Å². The Hall–Kier alpha value is -2.23. The van der Waals surface area contributed by atoms with Crippen LogP contribution in [-0.4, -0.2) is 26.2 Å². The fraction of sp³-hybridized carbons (Fsp3) is 0.389. The lowest BCUT2D eigenvalue weighted by atomic mass is 9.86. The van der Waals surface area contributed by atoms with Crippen molar-refractivity contribution in [3.05, 3.63) is 35.9 Å². The molecule has 1 heterocycles. The molecule has 0 radical (unpaired) electrons. The molecule has 0 saturated carbocycles. The van der Waals surface area contributed by atoms with Gasteiger partial charge < -0.3 is 14.8 Å². The monoisotopic (exact) mass is 299 g/mol. The average Bonchev–Trinajstić information content (AvgIpc) is 2.53. The zero-order valence-corrected chi connectivity index (χ0v) is 13.0. The Morgan fingerprint density at radius 2 is 2.18 bits per heavy atom. The molecule has 0 fully saturated rings. The zero-order chi connectivity index (χ0) is 15.5. The van der Waals surface area contributed by atoms with Crippen LogP contribution in [0.2, 0.25) is 0 Å². The van der Waals surface area contributed by atoms with Crippen molar-refractivity contribution in [2.75, 3.05) is 20.3 Å². The van der Waals surface area contributed by atoms with Crippen molar-refractivity contribution in [1.82, 2.24) is 5.32 Å². The lowest BCUT2D eigenvalue weighted by molar-refractivity contribution is -0.118. The second-order valence-corrected chi connectivity index (χ2v) is 5.67. The van der Waals surface area contributed by atoms with E-state index in [1.807, 2.05) is 6.07 Å². The molecule has 0 spiro atoms. The Labute approximate surface area is 130 Å². The van der Waals surface area contributed by atoms with Crippen LogP contribution in [-0.2, 0) is 4.79 Å². The number of carbonyl (C=O) groups excluding carboxylic acids is 1. The molecular weight excluding hydrogens is 278 g/mol. The molecule has 22 heavy (non-hydrogen) atoms. The summed E-state index contributed by atoms with van der Waals surface area (Å²) >= 11 is 0. The molecule has 1 aliphatic rings. The highest BCUT2D eigenvalue weighted by molar-refractivity contribution is 5.89. The van der Waals surface area contributed by atoms with Gasteiger partial charge in [0.05, 0.1) is 13.7 Å². The maximum absolute atomic E-state index is 11.1. The summed E-state index contributed by atoms with van der Waals surface area (Å²) < 4.78 is 11.2. The molecule has 1 atom stereocenters. The van der Waals surface area contributed by atoms with E-state index in [0.717, 1.165) is 30.9 Å². The molecule has 0 aromatic heterocycles. The summed E-state index contributed by atoms with van der Waals surface area (Å²) in [5, 5.41) is 5.26. The van der Waals surface area contributed by atoms with E-state index in [0.29, 0.717) is 12.5 Å². The molecule has 116 valence electrons. The number of hydrogen-bond donors (Lipinski definition) is 1. The Balaban J connectivity index is 1.98. The first-order valence-electron chi connectivity index (χ1n) is 7.67. The number of methoxy groups -OCH3 is 1. The maximum atomic E-state index is 11.1. The van der Waals surface area contributed by atoms with Gasteiger partial charge in [0.25, 0.3) is 0 Å². The summed E-state index contributed by atoms with van der Waals surface area (Å²) in [6, 6.07) is 10.3. The van der Waals surface area contributed by atoms with Gasteiger partial charge in [-0.05, 0) is 47.7 Å². The topological polar surface area (TPSA) is 47.6 Å². The van der Waals surface area contributed by atoms with Crippen LogP contribution in [0.3, 0.4) is 0 Å². The summed E-state index contributed by atoms with van der Waals surface area (Å²) in [6.45, 7) is 2.98. The van der Waals surface area contributed by atoms with Crippen molar-refractivity contribution in [2.45, 2.75) is 25.7 Å². The summed E-state index contributed by atoms with van der Waals surface area (Å²) in [6.07, 6.45) is 1.90. The zero-order valence-electron chi connectivity index (χ0n) is 13.0. The number of nitrogens with one attached hydrogen (secondary N) is 1. The lowest BCUT2D eigenvalue weighted by Gasteiger charge is -2.27. The predicted octanol–water partition coefficient (Wildman–Crippen LogP) is 3.24. The van der Waals surface area contributed by atoms with Crippen molar-refractivity contribution in [3.63, 3.8) is 0 Å². The molecule has 2 aromatic carbocycles. The number of amides is 1. The van der Waals surface area contributed by atoms with Crippen molar-refractivity contribution >= 4 is 16.7 Å². The van der Waals surface area contributed by atoms with Crippen LogP contribution < -0.4 is 14.8 Å². The Morgan fingerprint density at radius 1 is 1.36 bits per heavy atom. The minimum Gasteiger partial charge on any atom is -0.497 e. The van der Waals surface area contributed by atoms with Gasteiger partial charge in [-0.25, -0.2) is 0 Å². The number of fused-ring (bicyclic) bond motifs is 3. The molecule has 0 bridgehead atoms. The van der Waals surface area contributed by atoms with Gasteiger partial charge in [-0.1, -0.05) is 12.1 Å². The van der Waals surface area contributed by atoms with Crippen molar-refractivity contribution in [3.8, 4) is 11.5 Å². The van der Waals surface area contributed by atoms with Crippen LogP contribution in [0.5, 0.6) is 11.5 Å². The van der Waals surface area contributed by atoms with Crippen LogP contribution in [0.25, 0.3) is 10.8 Å². The number of rotatable bonds is 4. The molecule has 1 aliphatic heterocycles. The summed E-state index contributed by atoms with van der Waals surface area (Å²) in [5.74, 6) is 2.23. The molecule has 1 amide bonds. The van der Waals surface area contributed by atoms with Crippen LogP contribution in [0.15, 0.2) is 30.3 Å². The summed E-state index contributed by atoms with van der Waals surface area (Å²) in [7, 11) is 1.68. The summed E-state index contributed by atoms with van der Waals surface area (Å²) in [4.78, 5) is 11.1. The molecule has 0 aliphatic carbocycles. The number of ether oxygens (including phenoxy) is 2. The maximum Gasteiger partial charge on any atom is 0.216 e. The van der Waals surface area contributed by atoms with E-state index in [1.165, 1.54) is 16.3 Å². The quantitative estimate of drug-likeness (QED) is 0.943. The van der Waals surface area contributed by atoms with E-state index >= 15 is 0 Å². The van der Waals surface area contributed by atoms with Crippen LogP contribution in [0.4, 0.5) is 0 Å². The van der Waals surface area contributed by atoms with Gasteiger partial charge >= 0.3 is 0 Å². The highest BCUT2D eigenvalue weighted by Gasteiger charge is 2.23. The van der Waals surface area contributed by atoms with Crippen molar-refractivity contribution in [2.24, 2.45) is 0 Å². The molecule has 3 rings (SSSR count). The van der Waals surface area contributed by atoms with E-state index in [1.54, 1.807) is 14.0 Å².